The van der Waals surface area contributed by atoms with Gasteiger partial charge in [-0.3, -0.25) is 5.43 Å². The summed E-state index contributed by atoms with van der Waals surface area (Å²) in [5.74, 6) is -1.39. The molecule has 0 heterocycles. The van der Waals surface area contributed by atoms with Gasteiger partial charge in [-0.1, -0.05) is 12.1 Å². The molecule has 1 aromatic carbocycles. The Hall–Kier alpha value is -1.70. The van der Waals surface area contributed by atoms with Crippen LogP contribution in [0.5, 0.6) is 0 Å². The first-order chi connectivity index (χ1) is 7.82. The van der Waals surface area contributed by atoms with Crippen molar-refractivity contribution in [1.29, 1.82) is 0 Å². The first-order valence-corrected chi connectivity index (χ1v) is 4.67. The molecular weight excluding hydrogens is 258 g/mol. The Morgan fingerprint density at radius 3 is 2.59 bits per heavy atom. The summed E-state index contributed by atoms with van der Waals surface area (Å²) in [4.78, 5) is 0. The van der Waals surface area contributed by atoms with E-state index >= 15 is 0 Å². The smallest absolute Gasteiger partial charge is 0.375 e. The minimum absolute atomic E-state index is 0.173. The quantitative estimate of drug-likeness (QED) is 0.372. The fourth-order valence-electron chi connectivity index (χ4n) is 1.03. The van der Waals surface area contributed by atoms with E-state index in [1.54, 1.807) is 0 Å². The van der Waals surface area contributed by atoms with Crippen LogP contribution in [0.3, 0.4) is 0 Å². The molecule has 0 aliphatic heterocycles. The number of hydrogen-bond acceptors (Lipinski definition) is 2. The van der Waals surface area contributed by atoms with Gasteiger partial charge in [0.1, 0.15) is 5.82 Å². The molecular formula is C9H7F4N3S. The number of nitrogens with two attached hydrogens (primary N) is 1. The zero-order valence-electron chi connectivity index (χ0n) is 8.25. The second-order valence-electron chi connectivity index (χ2n) is 2.94. The van der Waals surface area contributed by atoms with Gasteiger partial charge in [-0.2, -0.15) is 18.3 Å². The summed E-state index contributed by atoms with van der Waals surface area (Å²) in [6.45, 7) is 0. The van der Waals surface area contributed by atoms with Crippen LogP contribution < -0.4 is 11.2 Å². The number of nitrogens with zero attached hydrogens (tertiary/aromatic N) is 1. The monoisotopic (exact) mass is 265 g/mol. The molecule has 0 aromatic heterocycles. The molecule has 0 aliphatic rings. The highest BCUT2D eigenvalue weighted by atomic mass is 32.1. The SMILES string of the molecule is NC(=S)NN=Cc1cccc(C(F)(F)F)c1F. The summed E-state index contributed by atoms with van der Waals surface area (Å²) >= 11 is 4.41. The minimum atomic E-state index is -4.75. The van der Waals surface area contributed by atoms with E-state index in [1.165, 1.54) is 0 Å². The van der Waals surface area contributed by atoms with Gasteiger partial charge in [-0.05, 0) is 18.3 Å². The van der Waals surface area contributed by atoms with Gasteiger partial charge in [0.15, 0.2) is 5.11 Å². The zero-order chi connectivity index (χ0) is 13.1. The third-order valence-electron chi connectivity index (χ3n) is 1.71. The number of halogens is 4. The molecule has 0 unspecified atom stereocenters. The van der Waals surface area contributed by atoms with Crippen LogP contribution in [0.15, 0.2) is 23.3 Å². The Morgan fingerprint density at radius 2 is 2.06 bits per heavy atom. The maximum absolute atomic E-state index is 13.4. The fraction of sp³-hybridized carbons (Fsp3) is 0.111. The van der Waals surface area contributed by atoms with Crippen molar-refractivity contribution in [3.05, 3.63) is 35.1 Å². The van der Waals surface area contributed by atoms with Gasteiger partial charge < -0.3 is 5.73 Å². The van der Waals surface area contributed by atoms with E-state index in [0.717, 1.165) is 18.3 Å². The normalized spacial score (nSPS) is 11.8. The van der Waals surface area contributed by atoms with Gasteiger partial charge >= 0.3 is 6.18 Å². The third-order valence-corrected chi connectivity index (χ3v) is 1.80. The summed E-state index contributed by atoms with van der Waals surface area (Å²) in [7, 11) is 0. The summed E-state index contributed by atoms with van der Waals surface area (Å²) < 4.78 is 50.4. The van der Waals surface area contributed by atoms with Gasteiger partial charge in [-0.25, -0.2) is 4.39 Å². The average Bonchev–Trinajstić information content (AvgIpc) is 2.18. The van der Waals surface area contributed by atoms with Crippen LogP contribution in [-0.2, 0) is 6.18 Å². The number of hydrazone groups is 1. The molecule has 3 N–H and O–H groups in total. The molecule has 0 spiro atoms. The van der Waals surface area contributed by atoms with E-state index in [0.29, 0.717) is 6.07 Å². The van der Waals surface area contributed by atoms with Crippen LogP contribution in [0, 0.1) is 5.82 Å². The summed E-state index contributed by atoms with van der Waals surface area (Å²) in [5, 5.41) is 3.20. The van der Waals surface area contributed by atoms with Gasteiger partial charge in [0, 0.05) is 5.56 Å². The molecule has 0 amide bonds. The first kappa shape index (κ1) is 13.4. The van der Waals surface area contributed by atoms with Crippen LogP contribution >= 0.6 is 12.2 Å². The number of alkyl halides is 3. The number of nitrogens with one attached hydrogen (secondary N) is 1. The van der Waals surface area contributed by atoms with Crippen molar-refractivity contribution in [2.45, 2.75) is 6.18 Å². The van der Waals surface area contributed by atoms with Crippen molar-refractivity contribution in [3.8, 4) is 0 Å². The first-order valence-electron chi connectivity index (χ1n) is 4.26. The Morgan fingerprint density at radius 1 is 1.41 bits per heavy atom. The Labute approximate surface area is 99.3 Å². The van der Waals surface area contributed by atoms with E-state index in [2.05, 4.69) is 22.7 Å². The summed E-state index contributed by atoms with van der Waals surface area (Å²) in [6.07, 6.45) is -3.88. The van der Waals surface area contributed by atoms with Gasteiger partial charge in [0.05, 0.1) is 11.8 Å². The average molecular weight is 265 g/mol. The number of benzene rings is 1. The standard InChI is InChI=1S/C9H7F4N3S/c10-7-5(4-15-16-8(14)17)2-1-3-6(7)9(11,12)13/h1-4H,(H3,14,16,17). The molecule has 92 valence electrons. The van der Waals surface area contributed by atoms with Crippen molar-refractivity contribution in [2.75, 3.05) is 0 Å². The van der Waals surface area contributed by atoms with E-state index in [-0.39, 0.29) is 10.7 Å². The van der Waals surface area contributed by atoms with Crippen molar-refractivity contribution in [2.24, 2.45) is 10.8 Å². The summed E-state index contributed by atoms with van der Waals surface area (Å²) in [5.41, 5.74) is 5.47. The highest BCUT2D eigenvalue weighted by molar-refractivity contribution is 7.80. The van der Waals surface area contributed by atoms with E-state index in [9.17, 15) is 17.6 Å². The lowest BCUT2D eigenvalue weighted by Gasteiger charge is -2.08. The Kier molecular flexibility index (Phi) is 4.00. The second-order valence-corrected chi connectivity index (χ2v) is 3.38. The van der Waals surface area contributed by atoms with E-state index in [4.69, 9.17) is 5.73 Å². The van der Waals surface area contributed by atoms with Crippen LogP contribution in [0.25, 0.3) is 0 Å². The highest BCUT2D eigenvalue weighted by Gasteiger charge is 2.34. The topological polar surface area (TPSA) is 50.4 Å². The molecule has 0 atom stereocenters. The molecule has 0 saturated carbocycles. The van der Waals surface area contributed by atoms with E-state index < -0.39 is 17.6 Å². The van der Waals surface area contributed by atoms with Gasteiger partial charge in [0.25, 0.3) is 0 Å². The van der Waals surface area contributed by atoms with Crippen LogP contribution in [0.2, 0.25) is 0 Å². The van der Waals surface area contributed by atoms with Gasteiger partial charge in [-0.15, -0.1) is 0 Å². The lowest BCUT2D eigenvalue weighted by molar-refractivity contribution is -0.140. The van der Waals surface area contributed by atoms with E-state index in [1.807, 2.05) is 0 Å². The molecule has 0 aliphatic carbocycles. The highest BCUT2D eigenvalue weighted by Crippen LogP contribution is 2.31. The second kappa shape index (κ2) is 5.09. The Bertz CT molecular complexity index is 456. The maximum Gasteiger partial charge on any atom is 0.419 e. The third kappa shape index (κ3) is 3.66. The lowest BCUT2D eigenvalue weighted by atomic mass is 10.1. The largest absolute Gasteiger partial charge is 0.419 e. The zero-order valence-corrected chi connectivity index (χ0v) is 9.07. The predicted octanol–water partition coefficient (Wildman–Crippen LogP) is 2.01. The lowest BCUT2D eigenvalue weighted by Crippen LogP contribution is -2.24. The number of hydrogen-bond donors (Lipinski definition) is 2. The van der Waals surface area contributed by atoms with Crippen LogP contribution in [-0.4, -0.2) is 11.3 Å². The van der Waals surface area contributed by atoms with Crippen LogP contribution in [0.1, 0.15) is 11.1 Å². The molecule has 0 bridgehead atoms. The van der Waals surface area contributed by atoms with Crippen molar-refractivity contribution >= 4 is 23.5 Å². The van der Waals surface area contributed by atoms with Gasteiger partial charge in [0.2, 0.25) is 0 Å². The Balaban J connectivity index is 3.03. The molecule has 0 fully saturated rings. The van der Waals surface area contributed by atoms with Crippen molar-refractivity contribution < 1.29 is 17.6 Å². The maximum atomic E-state index is 13.4. The fourth-order valence-corrected chi connectivity index (χ4v) is 1.09. The molecule has 1 rings (SSSR count). The number of rotatable bonds is 2. The molecule has 17 heavy (non-hydrogen) atoms. The molecule has 0 saturated heterocycles. The summed E-state index contributed by atoms with van der Waals surface area (Å²) in [6, 6.07) is 2.87. The molecule has 1 aromatic rings. The van der Waals surface area contributed by atoms with Crippen molar-refractivity contribution in [1.82, 2.24) is 5.43 Å². The number of thiocarbonyl (C=S) groups is 1. The molecule has 8 heteroatoms. The predicted molar refractivity (Wildman–Crippen MR) is 58.9 cm³/mol. The van der Waals surface area contributed by atoms with Crippen molar-refractivity contribution in [3.63, 3.8) is 0 Å². The minimum Gasteiger partial charge on any atom is -0.375 e. The molecule has 0 radical (unpaired) electrons. The molecule has 3 nitrogen and oxygen atoms in total. The van der Waals surface area contributed by atoms with Crippen LogP contribution in [0.4, 0.5) is 17.6 Å².